The van der Waals surface area contributed by atoms with Crippen LogP contribution in [0, 0.1) is 10.8 Å². The van der Waals surface area contributed by atoms with E-state index in [0.29, 0.717) is 19.3 Å². The van der Waals surface area contributed by atoms with Gasteiger partial charge >= 0.3 is 0 Å². The summed E-state index contributed by atoms with van der Waals surface area (Å²) in [5.74, 6) is 0. The zero-order valence-corrected chi connectivity index (χ0v) is 29.2. The molecule has 0 radical (unpaired) electrons. The van der Waals surface area contributed by atoms with Gasteiger partial charge in [0.1, 0.15) is 5.60 Å². The molecule has 0 heterocycles. The highest BCUT2D eigenvalue weighted by atomic mass is 16.4. The number of aliphatic hydroxyl groups excluding tert-OH is 2. The van der Waals surface area contributed by atoms with Crippen LogP contribution in [0.2, 0.25) is 0 Å². The molecule has 0 aliphatic heterocycles. The molecular formula is C40H58O5. The van der Waals surface area contributed by atoms with Crippen LogP contribution in [0.25, 0.3) is 0 Å². The zero-order chi connectivity index (χ0) is 34.3. The molecular weight excluding hydrogens is 560 g/mol. The number of aliphatic hydroxyl groups is 5. The molecule has 2 fully saturated rings. The average Bonchev–Trinajstić information content (AvgIpc) is 2.86. The monoisotopic (exact) mass is 618 g/mol. The van der Waals surface area contributed by atoms with Crippen molar-refractivity contribution >= 4 is 0 Å². The Hall–Kier alpha value is -2.76. The van der Waals surface area contributed by atoms with Crippen LogP contribution in [-0.2, 0) is 0 Å². The Bertz CT molecular complexity index is 1320. The van der Waals surface area contributed by atoms with Gasteiger partial charge in [-0.15, -0.1) is 5.73 Å². The maximum atomic E-state index is 11.4. The maximum Gasteiger partial charge on any atom is 0.117 e. The fraction of sp³-hybridized carbons (Fsp3) is 0.525. The fourth-order valence-electron chi connectivity index (χ4n) is 6.74. The van der Waals surface area contributed by atoms with Crippen LogP contribution in [0.5, 0.6) is 0 Å². The first kappa shape index (κ1) is 38.4. The Kier molecular flexibility index (Phi) is 13.0. The first-order chi connectivity index (χ1) is 20.6. The quantitative estimate of drug-likeness (QED) is 0.135. The summed E-state index contributed by atoms with van der Waals surface area (Å²) in [5.41, 5.74) is 3.34. The third-order valence-electron chi connectivity index (χ3n) is 9.12. The van der Waals surface area contributed by atoms with Gasteiger partial charge in [0.2, 0.25) is 0 Å². The summed E-state index contributed by atoms with van der Waals surface area (Å²) >= 11 is 0. The lowest BCUT2D eigenvalue weighted by Gasteiger charge is -2.54. The summed E-state index contributed by atoms with van der Waals surface area (Å²) in [6.07, 6.45) is 25.8. The molecule has 5 atom stereocenters. The van der Waals surface area contributed by atoms with E-state index in [4.69, 9.17) is 0 Å². The minimum Gasteiger partial charge on any atom is -0.393 e. The molecule has 2 saturated carbocycles. The summed E-state index contributed by atoms with van der Waals surface area (Å²) in [5, 5.41) is 53.4. The smallest absolute Gasteiger partial charge is 0.117 e. The molecule has 5 heteroatoms. The Morgan fingerprint density at radius 1 is 0.622 bits per heavy atom. The molecule has 2 rings (SSSR count). The van der Waals surface area contributed by atoms with Crippen molar-refractivity contribution < 1.29 is 25.5 Å². The van der Waals surface area contributed by atoms with Gasteiger partial charge in [0.25, 0.3) is 0 Å². The van der Waals surface area contributed by atoms with Crippen molar-refractivity contribution in [3.05, 3.63) is 113 Å². The molecule has 2 aliphatic rings. The van der Waals surface area contributed by atoms with Crippen LogP contribution in [0.3, 0.4) is 0 Å². The number of hydrogen-bond acceptors (Lipinski definition) is 5. The first-order valence-corrected chi connectivity index (χ1v) is 16.0. The molecule has 0 bridgehead atoms. The van der Waals surface area contributed by atoms with Crippen molar-refractivity contribution in [2.45, 2.75) is 124 Å². The highest BCUT2D eigenvalue weighted by Gasteiger charge is 2.58. The number of allylic oxidation sites excluding steroid dienone is 15. The van der Waals surface area contributed by atoms with Gasteiger partial charge in [-0.3, -0.25) is 0 Å². The first-order valence-electron chi connectivity index (χ1n) is 16.0. The predicted octanol–water partition coefficient (Wildman–Crippen LogP) is 7.67. The second kappa shape index (κ2) is 15.2. The van der Waals surface area contributed by atoms with E-state index in [1.165, 1.54) is 0 Å². The molecule has 5 nitrogen and oxygen atoms in total. The summed E-state index contributed by atoms with van der Waals surface area (Å²) in [6.45, 7) is 19.2. The van der Waals surface area contributed by atoms with Gasteiger partial charge < -0.3 is 25.5 Å². The van der Waals surface area contributed by atoms with Crippen LogP contribution < -0.4 is 0 Å². The Balaban J connectivity index is 1.99. The Morgan fingerprint density at radius 2 is 1.09 bits per heavy atom. The normalized spacial score (nSPS) is 33.5. The highest BCUT2D eigenvalue weighted by molar-refractivity contribution is 5.34. The lowest BCUT2D eigenvalue weighted by Crippen LogP contribution is -2.65. The molecule has 0 unspecified atom stereocenters. The second-order valence-electron chi connectivity index (χ2n) is 14.9. The third kappa shape index (κ3) is 10.6. The van der Waals surface area contributed by atoms with E-state index >= 15 is 0 Å². The van der Waals surface area contributed by atoms with E-state index in [1.54, 1.807) is 19.9 Å². The van der Waals surface area contributed by atoms with Crippen molar-refractivity contribution in [1.29, 1.82) is 0 Å². The van der Waals surface area contributed by atoms with E-state index in [0.717, 1.165) is 27.9 Å². The minimum absolute atomic E-state index is 0.132. The third-order valence-corrected chi connectivity index (χ3v) is 9.12. The van der Waals surface area contributed by atoms with Crippen molar-refractivity contribution in [1.82, 2.24) is 0 Å². The molecule has 248 valence electrons. The van der Waals surface area contributed by atoms with E-state index in [-0.39, 0.29) is 11.8 Å². The number of hydrogen-bond donors (Lipinski definition) is 5. The van der Waals surface area contributed by atoms with Gasteiger partial charge in [-0.2, -0.15) is 0 Å². The van der Waals surface area contributed by atoms with Gasteiger partial charge in [-0.25, -0.2) is 0 Å². The van der Waals surface area contributed by atoms with Gasteiger partial charge in [0.15, 0.2) is 0 Å². The van der Waals surface area contributed by atoms with Crippen molar-refractivity contribution in [2.24, 2.45) is 10.8 Å². The molecule has 0 amide bonds. The standard InChI is InChI=1S/C40H58O5/c1-29(17-13-19-31(3)21-22-35-36(5,6)25-33(41)27-38(35,9)43)15-11-12-16-30(2)18-14-20-32(4)23-24-40(45)37(7,8)26-34(42)28-39(40,10)44/h11-21,23-24,33-34,41-45H,25-28H2,1-10H3/b12-11+,17-13+,18-14+,24-23+,29-15+,30-16+,31-19-,32-20+/t22?,33-,34-,38+,39+,40-/m0/s1. The van der Waals surface area contributed by atoms with Crippen LogP contribution in [0.4, 0.5) is 0 Å². The average molecular weight is 619 g/mol. The molecule has 2 aliphatic carbocycles. The molecule has 0 saturated heterocycles. The highest BCUT2D eigenvalue weighted by Crippen LogP contribution is 2.50. The van der Waals surface area contributed by atoms with Gasteiger partial charge in [-0.05, 0) is 77.5 Å². The molecule has 45 heavy (non-hydrogen) atoms. The van der Waals surface area contributed by atoms with Crippen molar-refractivity contribution in [2.75, 3.05) is 0 Å². The van der Waals surface area contributed by atoms with Gasteiger partial charge in [0.05, 0.1) is 23.4 Å². The molecule has 0 aromatic rings. The second-order valence-corrected chi connectivity index (χ2v) is 14.9. The fourth-order valence-corrected chi connectivity index (χ4v) is 6.74. The lowest BCUT2D eigenvalue weighted by atomic mass is 9.57. The van der Waals surface area contributed by atoms with E-state index in [1.807, 2.05) is 128 Å². The van der Waals surface area contributed by atoms with Gasteiger partial charge in [-0.1, -0.05) is 111 Å². The minimum atomic E-state index is -1.45. The van der Waals surface area contributed by atoms with Crippen LogP contribution in [0.1, 0.15) is 94.9 Å². The molecule has 0 spiro atoms. The van der Waals surface area contributed by atoms with Gasteiger partial charge in [0, 0.05) is 23.8 Å². The topological polar surface area (TPSA) is 101 Å². The Morgan fingerprint density at radius 3 is 1.60 bits per heavy atom. The van der Waals surface area contributed by atoms with Crippen LogP contribution in [-0.4, -0.2) is 54.5 Å². The van der Waals surface area contributed by atoms with E-state index in [2.05, 4.69) is 5.73 Å². The van der Waals surface area contributed by atoms with Crippen LogP contribution in [0.15, 0.2) is 113 Å². The van der Waals surface area contributed by atoms with E-state index < -0.39 is 34.4 Å². The van der Waals surface area contributed by atoms with E-state index in [9.17, 15) is 25.5 Å². The van der Waals surface area contributed by atoms with Crippen LogP contribution >= 0.6 is 0 Å². The predicted molar refractivity (Wildman–Crippen MR) is 187 cm³/mol. The summed E-state index contributed by atoms with van der Waals surface area (Å²) in [6, 6.07) is 0. The summed E-state index contributed by atoms with van der Waals surface area (Å²) in [7, 11) is 0. The largest absolute Gasteiger partial charge is 0.393 e. The summed E-state index contributed by atoms with van der Waals surface area (Å²) in [4.78, 5) is 0. The maximum absolute atomic E-state index is 11.4. The molecule has 5 N–H and O–H groups in total. The lowest BCUT2D eigenvalue weighted by molar-refractivity contribution is -0.216. The Labute approximate surface area is 272 Å². The zero-order valence-electron chi connectivity index (χ0n) is 29.2. The van der Waals surface area contributed by atoms with Crippen molar-refractivity contribution in [3.63, 3.8) is 0 Å². The number of rotatable bonds is 9. The molecule has 0 aromatic carbocycles. The SMILES string of the molecule is C/C(C=C=C1C(C)(C)C[C@H](O)C[C@@]1(C)O)=C/C=C/C(C)=C/C=C/C=C(C)/C=C/C=C(C)/C=C/[C@]1(O)C(C)(C)C[C@H](O)C[C@@]1(C)O. The summed E-state index contributed by atoms with van der Waals surface area (Å²) < 4.78 is 0. The van der Waals surface area contributed by atoms with Crippen molar-refractivity contribution in [3.8, 4) is 0 Å². The molecule has 0 aromatic heterocycles.